The predicted molar refractivity (Wildman–Crippen MR) is 115 cm³/mol. The highest BCUT2D eigenvalue weighted by molar-refractivity contribution is 8.13. The number of allylic oxidation sites excluding steroid dienone is 1. The molecule has 0 aromatic heterocycles. The molecule has 31 heavy (non-hydrogen) atoms. The van der Waals surface area contributed by atoms with Gasteiger partial charge in [-0.1, -0.05) is 12.1 Å². The minimum atomic E-state index is -1.35. The molecule has 1 aliphatic heterocycles. The number of nitrogens with one attached hydrogen (secondary N) is 1. The molecule has 1 aliphatic rings. The quantitative estimate of drug-likeness (QED) is 0.522. The van der Waals surface area contributed by atoms with Gasteiger partial charge in [-0.25, -0.2) is 24.7 Å². The number of halogens is 3. The number of anilines is 1. The summed E-state index contributed by atoms with van der Waals surface area (Å²) in [5.74, 6) is -5.09. The van der Waals surface area contributed by atoms with Crippen LogP contribution in [0.5, 0.6) is 5.75 Å². The monoisotopic (exact) mass is 445 g/mol. The highest BCUT2D eigenvalue weighted by atomic mass is 32.2. The van der Waals surface area contributed by atoms with Crippen LogP contribution in [0.3, 0.4) is 0 Å². The molecule has 2 unspecified atom stereocenters. The maximum absolute atomic E-state index is 14.7. The second kappa shape index (κ2) is 9.27. The van der Waals surface area contributed by atoms with Crippen LogP contribution in [-0.2, 0) is 4.79 Å². The van der Waals surface area contributed by atoms with E-state index in [4.69, 9.17) is 11.3 Å². The molecule has 0 radical (unpaired) electrons. The van der Waals surface area contributed by atoms with Gasteiger partial charge in [0.15, 0.2) is 16.7 Å². The van der Waals surface area contributed by atoms with Crippen LogP contribution in [-0.4, -0.2) is 30.4 Å². The van der Waals surface area contributed by atoms with E-state index >= 15 is 0 Å². The number of thioether (sulfide) groups is 1. The molecule has 0 bridgehead atoms. The van der Waals surface area contributed by atoms with Crippen molar-refractivity contribution in [1.82, 2.24) is 0 Å². The van der Waals surface area contributed by atoms with Crippen molar-refractivity contribution >= 4 is 28.4 Å². The van der Waals surface area contributed by atoms with Gasteiger partial charge in [-0.05, 0) is 31.4 Å². The molecule has 0 saturated carbocycles. The number of methoxy groups -OCH3 is 1. The third-order valence-electron chi connectivity index (χ3n) is 4.87. The highest BCUT2D eigenvalue weighted by Crippen LogP contribution is 2.41. The maximum Gasteiger partial charge on any atom is 0.282 e. The molecule has 2 atom stereocenters. The van der Waals surface area contributed by atoms with Gasteiger partial charge in [0.05, 0.1) is 18.4 Å². The van der Waals surface area contributed by atoms with Crippen LogP contribution < -0.4 is 10.1 Å². The summed E-state index contributed by atoms with van der Waals surface area (Å²) in [6, 6.07) is 6.72. The lowest BCUT2D eigenvalue weighted by atomic mass is 9.81. The van der Waals surface area contributed by atoms with E-state index in [1.807, 2.05) is 0 Å². The van der Waals surface area contributed by atoms with Crippen molar-refractivity contribution in [2.24, 2.45) is 4.99 Å². The van der Waals surface area contributed by atoms with Crippen LogP contribution in [0.15, 0.2) is 52.7 Å². The van der Waals surface area contributed by atoms with Gasteiger partial charge < -0.3 is 14.9 Å². The van der Waals surface area contributed by atoms with Gasteiger partial charge in [-0.2, -0.15) is 0 Å². The molecular formula is C22H18F3N3O2S. The summed E-state index contributed by atoms with van der Waals surface area (Å²) in [4.78, 5) is 21.1. The molecule has 0 spiro atoms. The van der Waals surface area contributed by atoms with Gasteiger partial charge >= 0.3 is 0 Å². The van der Waals surface area contributed by atoms with Crippen molar-refractivity contribution in [3.05, 3.63) is 82.1 Å². The fourth-order valence-electron chi connectivity index (χ4n) is 3.46. The summed E-state index contributed by atoms with van der Waals surface area (Å²) in [5.41, 5.74) is 0.324. The van der Waals surface area contributed by atoms with Crippen LogP contribution in [0.4, 0.5) is 18.9 Å². The molecule has 9 heteroatoms. The Morgan fingerprint density at radius 2 is 1.87 bits per heavy atom. The third kappa shape index (κ3) is 4.30. The zero-order chi connectivity index (χ0) is 22.7. The summed E-state index contributed by atoms with van der Waals surface area (Å²) in [6.45, 7) is 9.18. The van der Waals surface area contributed by atoms with E-state index in [0.717, 1.165) is 0 Å². The molecule has 0 aliphatic carbocycles. The Kier molecular flexibility index (Phi) is 6.71. The summed E-state index contributed by atoms with van der Waals surface area (Å²) < 4.78 is 47.5. The largest absolute Gasteiger partial charge is 0.495 e. The van der Waals surface area contributed by atoms with Gasteiger partial charge in [-0.15, -0.1) is 11.8 Å². The molecule has 0 saturated heterocycles. The van der Waals surface area contributed by atoms with Gasteiger partial charge in [0.25, 0.3) is 11.9 Å². The summed E-state index contributed by atoms with van der Waals surface area (Å²) in [7, 11) is 1.44. The van der Waals surface area contributed by atoms with E-state index in [1.54, 1.807) is 37.4 Å². The number of benzene rings is 2. The number of hydrogen-bond acceptors (Lipinski definition) is 4. The van der Waals surface area contributed by atoms with E-state index < -0.39 is 35.3 Å². The first-order valence-electron chi connectivity index (χ1n) is 9.11. The first kappa shape index (κ1) is 22.4. The molecule has 1 heterocycles. The molecule has 160 valence electrons. The molecule has 2 aromatic carbocycles. The summed E-state index contributed by atoms with van der Waals surface area (Å²) >= 11 is 1.18. The number of carbonyl (C=O) groups excluding carboxylic acids is 1. The summed E-state index contributed by atoms with van der Waals surface area (Å²) in [5, 5.41) is 3.05. The second-order valence-electron chi connectivity index (χ2n) is 6.65. The van der Waals surface area contributed by atoms with Crippen LogP contribution >= 0.6 is 11.8 Å². The van der Waals surface area contributed by atoms with Crippen molar-refractivity contribution in [3.8, 4) is 5.75 Å². The van der Waals surface area contributed by atoms with Crippen molar-refractivity contribution < 1.29 is 22.7 Å². The number of amides is 1. The molecule has 1 amide bonds. The predicted octanol–water partition coefficient (Wildman–Crippen LogP) is 5.17. The fourth-order valence-corrected chi connectivity index (χ4v) is 4.12. The van der Waals surface area contributed by atoms with Crippen molar-refractivity contribution in [1.29, 1.82) is 0 Å². The van der Waals surface area contributed by atoms with Gasteiger partial charge in [-0.3, -0.25) is 4.79 Å². The van der Waals surface area contributed by atoms with E-state index in [0.29, 0.717) is 28.6 Å². The lowest BCUT2D eigenvalue weighted by Crippen LogP contribution is -2.34. The summed E-state index contributed by atoms with van der Waals surface area (Å²) in [6.07, 6.45) is 1.70. The Balaban J connectivity index is 2.16. The third-order valence-corrected chi connectivity index (χ3v) is 5.62. The second-order valence-corrected chi connectivity index (χ2v) is 7.47. The van der Waals surface area contributed by atoms with E-state index in [9.17, 15) is 18.0 Å². The normalized spacial score (nSPS) is 18.3. The van der Waals surface area contributed by atoms with Crippen molar-refractivity contribution in [2.45, 2.75) is 18.9 Å². The minimum absolute atomic E-state index is 0.00499. The van der Waals surface area contributed by atoms with Crippen LogP contribution in [0.1, 0.15) is 18.4 Å². The van der Waals surface area contributed by atoms with Crippen LogP contribution in [0, 0.1) is 24.0 Å². The van der Waals surface area contributed by atoms with E-state index in [1.165, 1.54) is 18.9 Å². The van der Waals surface area contributed by atoms with Crippen molar-refractivity contribution in [3.63, 3.8) is 0 Å². The highest BCUT2D eigenvalue weighted by Gasteiger charge is 2.44. The molecule has 3 rings (SSSR count). The van der Waals surface area contributed by atoms with Gasteiger partial charge in [0.1, 0.15) is 17.5 Å². The van der Waals surface area contributed by atoms with E-state index in [-0.39, 0.29) is 16.8 Å². The Morgan fingerprint density at radius 3 is 2.52 bits per heavy atom. The van der Waals surface area contributed by atoms with Crippen LogP contribution in [0.2, 0.25) is 0 Å². The van der Waals surface area contributed by atoms with Gasteiger partial charge in [0, 0.05) is 17.3 Å². The average molecular weight is 445 g/mol. The topological polar surface area (TPSA) is 55.0 Å². The molecule has 1 N–H and O–H groups in total. The first-order valence-corrected chi connectivity index (χ1v) is 10.3. The van der Waals surface area contributed by atoms with E-state index in [2.05, 4.69) is 15.2 Å². The Bertz CT molecular complexity index is 1140. The Hall–Kier alpha value is -3.25. The molecule has 5 nitrogen and oxygen atoms in total. The number of rotatable bonds is 4. The average Bonchev–Trinajstić information content (AvgIpc) is 2.75. The zero-order valence-electron chi connectivity index (χ0n) is 16.9. The maximum atomic E-state index is 14.7. The van der Waals surface area contributed by atoms with Gasteiger partial charge in [0.2, 0.25) is 0 Å². The lowest BCUT2D eigenvalue weighted by molar-refractivity contribution is -0.113. The Labute approximate surface area is 181 Å². The molecular weight excluding hydrogens is 427 g/mol. The van der Waals surface area contributed by atoms with Crippen molar-refractivity contribution in [2.75, 3.05) is 18.7 Å². The molecule has 2 aromatic rings. The lowest BCUT2D eigenvalue weighted by Gasteiger charge is -2.27. The number of nitrogens with zero attached hydrogens (tertiary/aromatic N) is 2. The number of para-hydroxylation sites is 2. The van der Waals surface area contributed by atoms with Crippen LogP contribution in [0.25, 0.3) is 4.85 Å². The standard InChI is InChI=1S/C22H18F3N3O2S/c1-11-18(21(29)28-16-7-5-6-8-17(16)30-3)19(20(26-2)22(27-11)31-4)12-9-14(24)15(25)10-13(12)23/h5-10,19-20H,1,3-4H3,(H,28,29). The smallest absolute Gasteiger partial charge is 0.282 e. The minimum Gasteiger partial charge on any atom is -0.495 e. The molecule has 0 fully saturated rings. The number of hydrogen-bond donors (Lipinski definition) is 1. The fraction of sp³-hybridized carbons (Fsp3) is 0.227. The SMILES string of the molecule is [C-]#[N+]C1C(SC)=NC(C)=C(C(=O)Nc2ccccc2OC)C1c1cc(F)c(F)cc1F. The number of ether oxygens (including phenoxy) is 1. The number of aliphatic imine (C=N–C) groups is 1. The number of carbonyl (C=O) groups is 1. The zero-order valence-corrected chi connectivity index (χ0v) is 17.7. The Morgan fingerprint density at radius 1 is 1.19 bits per heavy atom. The first-order chi connectivity index (χ1) is 14.8.